The van der Waals surface area contributed by atoms with Crippen molar-refractivity contribution in [2.75, 3.05) is 34.5 Å². The lowest BCUT2D eigenvalue weighted by molar-refractivity contribution is -0.124. The highest BCUT2D eigenvalue weighted by atomic mass is 35.5. The second-order valence-electron chi connectivity index (χ2n) is 5.71. The zero-order valence-corrected chi connectivity index (χ0v) is 16.7. The molecule has 0 fully saturated rings. The van der Waals surface area contributed by atoms with Gasteiger partial charge in [-0.2, -0.15) is 0 Å². The van der Waals surface area contributed by atoms with Gasteiger partial charge < -0.3 is 24.3 Å². The second-order valence-corrected chi connectivity index (χ2v) is 6.15. The SMILES string of the molecule is COc1cc(OC)c(C(=O)OCC(=O)NCCc2cccc(Cl)c2)cc1OC. The van der Waals surface area contributed by atoms with Crippen molar-refractivity contribution in [2.45, 2.75) is 6.42 Å². The molecule has 0 aliphatic rings. The van der Waals surface area contributed by atoms with Gasteiger partial charge in [-0.1, -0.05) is 23.7 Å². The van der Waals surface area contributed by atoms with Crippen LogP contribution in [0.15, 0.2) is 36.4 Å². The number of hydrogen-bond acceptors (Lipinski definition) is 6. The molecule has 1 amide bonds. The minimum absolute atomic E-state index is 0.131. The standard InChI is InChI=1S/C20H22ClNO6/c1-25-16-11-18(27-3)17(26-2)10-15(16)20(24)28-12-19(23)22-8-7-13-5-4-6-14(21)9-13/h4-6,9-11H,7-8,12H2,1-3H3,(H,22,23). The molecule has 0 atom stereocenters. The van der Waals surface area contributed by atoms with Crippen LogP contribution in [-0.2, 0) is 16.0 Å². The van der Waals surface area contributed by atoms with Gasteiger partial charge in [0.1, 0.15) is 11.3 Å². The summed E-state index contributed by atoms with van der Waals surface area (Å²) in [4.78, 5) is 24.3. The Labute approximate surface area is 168 Å². The molecule has 2 aromatic carbocycles. The minimum atomic E-state index is -0.706. The summed E-state index contributed by atoms with van der Waals surface area (Å²) < 4.78 is 20.6. The highest BCUT2D eigenvalue weighted by Crippen LogP contribution is 2.34. The molecule has 8 heteroatoms. The third-order valence-electron chi connectivity index (χ3n) is 3.88. The van der Waals surface area contributed by atoms with Gasteiger partial charge in [-0.3, -0.25) is 4.79 Å². The lowest BCUT2D eigenvalue weighted by atomic mass is 10.1. The third-order valence-corrected chi connectivity index (χ3v) is 4.12. The fourth-order valence-electron chi connectivity index (χ4n) is 2.49. The lowest BCUT2D eigenvalue weighted by Gasteiger charge is -2.13. The Hall–Kier alpha value is -2.93. The number of carbonyl (C=O) groups excluding carboxylic acids is 2. The summed E-state index contributed by atoms with van der Waals surface area (Å²) in [7, 11) is 4.34. The van der Waals surface area contributed by atoms with Crippen molar-refractivity contribution in [3.8, 4) is 17.2 Å². The molecule has 2 aromatic rings. The van der Waals surface area contributed by atoms with E-state index in [1.807, 2.05) is 18.2 Å². The largest absolute Gasteiger partial charge is 0.496 e. The van der Waals surface area contributed by atoms with Crippen LogP contribution in [0.1, 0.15) is 15.9 Å². The second kappa shape index (κ2) is 10.4. The van der Waals surface area contributed by atoms with E-state index < -0.39 is 18.5 Å². The van der Waals surface area contributed by atoms with Crippen LogP contribution in [0.25, 0.3) is 0 Å². The smallest absolute Gasteiger partial charge is 0.342 e. The average Bonchev–Trinajstić information content (AvgIpc) is 2.70. The van der Waals surface area contributed by atoms with E-state index in [1.54, 1.807) is 6.07 Å². The van der Waals surface area contributed by atoms with Crippen molar-refractivity contribution < 1.29 is 28.5 Å². The Morgan fingerprint density at radius 2 is 1.64 bits per heavy atom. The van der Waals surface area contributed by atoms with Crippen LogP contribution in [-0.4, -0.2) is 46.4 Å². The number of rotatable bonds is 9. The Balaban J connectivity index is 1.89. The monoisotopic (exact) mass is 407 g/mol. The van der Waals surface area contributed by atoms with Crippen LogP contribution in [0.3, 0.4) is 0 Å². The number of carbonyl (C=O) groups is 2. The van der Waals surface area contributed by atoms with Gasteiger partial charge in [0.25, 0.3) is 5.91 Å². The number of benzene rings is 2. The molecule has 0 aliphatic heterocycles. The van der Waals surface area contributed by atoms with Gasteiger partial charge in [0.15, 0.2) is 18.1 Å². The van der Waals surface area contributed by atoms with E-state index in [4.69, 9.17) is 30.5 Å². The minimum Gasteiger partial charge on any atom is -0.496 e. The molecule has 0 heterocycles. The van der Waals surface area contributed by atoms with Crippen LogP contribution in [0.2, 0.25) is 5.02 Å². The molecule has 0 bridgehead atoms. The first-order valence-corrected chi connectivity index (χ1v) is 8.84. The zero-order chi connectivity index (χ0) is 20.5. The first kappa shape index (κ1) is 21.4. The average molecular weight is 408 g/mol. The van der Waals surface area contributed by atoms with Gasteiger partial charge >= 0.3 is 5.97 Å². The first-order valence-electron chi connectivity index (χ1n) is 8.46. The molecule has 0 unspecified atom stereocenters. The molecular formula is C20H22ClNO6. The summed E-state index contributed by atoms with van der Waals surface area (Å²) in [6.07, 6.45) is 0.615. The van der Waals surface area contributed by atoms with E-state index in [1.165, 1.54) is 33.5 Å². The van der Waals surface area contributed by atoms with Crippen molar-refractivity contribution >= 4 is 23.5 Å². The van der Waals surface area contributed by atoms with Crippen LogP contribution in [0.4, 0.5) is 0 Å². The summed E-state index contributed by atoms with van der Waals surface area (Å²) in [5.41, 5.74) is 1.13. The number of methoxy groups -OCH3 is 3. The van der Waals surface area contributed by atoms with Gasteiger partial charge in [-0.15, -0.1) is 0 Å². The van der Waals surface area contributed by atoms with Gasteiger partial charge in [-0.25, -0.2) is 4.79 Å². The fourth-order valence-corrected chi connectivity index (χ4v) is 2.70. The lowest BCUT2D eigenvalue weighted by Crippen LogP contribution is -2.30. The Kier molecular flexibility index (Phi) is 7.95. The van der Waals surface area contributed by atoms with Crippen LogP contribution >= 0.6 is 11.6 Å². The Morgan fingerprint density at radius 1 is 0.964 bits per heavy atom. The van der Waals surface area contributed by atoms with Gasteiger partial charge in [0.2, 0.25) is 0 Å². The molecule has 0 aromatic heterocycles. The van der Waals surface area contributed by atoms with Crippen molar-refractivity contribution in [3.05, 3.63) is 52.5 Å². The maximum absolute atomic E-state index is 12.3. The molecule has 2 rings (SSSR count). The molecule has 150 valence electrons. The first-order chi connectivity index (χ1) is 13.5. The molecule has 7 nitrogen and oxygen atoms in total. The van der Waals surface area contributed by atoms with E-state index in [0.717, 1.165) is 5.56 Å². The predicted octanol–water partition coefficient (Wildman–Crippen LogP) is 2.88. The van der Waals surface area contributed by atoms with E-state index in [-0.39, 0.29) is 11.3 Å². The summed E-state index contributed by atoms with van der Waals surface area (Å²) in [6.45, 7) is -0.0116. The van der Waals surface area contributed by atoms with E-state index >= 15 is 0 Å². The van der Waals surface area contributed by atoms with Crippen molar-refractivity contribution in [2.24, 2.45) is 0 Å². The topological polar surface area (TPSA) is 83.1 Å². The maximum atomic E-state index is 12.3. The maximum Gasteiger partial charge on any atom is 0.342 e. The van der Waals surface area contributed by atoms with E-state index in [2.05, 4.69) is 5.32 Å². The molecule has 0 aliphatic carbocycles. The van der Waals surface area contributed by atoms with Gasteiger partial charge in [0, 0.05) is 23.7 Å². The molecule has 1 N–H and O–H groups in total. The summed E-state index contributed by atoms with van der Waals surface area (Å²) in [5.74, 6) is -0.0995. The van der Waals surface area contributed by atoms with Gasteiger partial charge in [0.05, 0.1) is 21.3 Å². The molecule has 28 heavy (non-hydrogen) atoms. The predicted molar refractivity (Wildman–Crippen MR) is 105 cm³/mol. The Bertz CT molecular complexity index is 839. The van der Waals surface area contributed by atoms with Crippen molar-refractivity contribution in [1.29, 1.82) is 0 Å². The summed E-state index contributed by atoms with van der Waals surface area (Å²) >= 11 is 5.92. The number of amides is 1. The van der Waals surface area contributed by atoms with Crippen LogP contribution < -0.4 is 19.5 Å². The molecule has 0 saturated carbocycles. The molecular weight excluding hydrogens is 386 g/mol. The van der Waals surface area contributed by atoms with E-state index in [9.17, 15) is 9.59 Å². The fraction of sp³-hybridized carbons (Fsp3) is 0.300. The number of hydrogen-bond donors (Lipinski definition) is 1. The molecule has 0 radical (unpaired) electrons. The summed E-state index contributed by atoms with van der Waals surface area (Å²) in [5, 5.41) is 3.33. The molecule has 0 spiro atoms. The number of halogens is 1. The van der Waals surface area contributed by atoms with Gasteiger partial charge in [-0.05, 0) is 24.1 Å². The quantitative estimate of drug-likeness (QED) is 0.643. The number of nitrogens with one attached hydrogen (secondary N) is 1. The number of ether oxygens (including phenoxy) is 4. The summed E-state index contributed by atoms with van der Waals surface area (Å²) in [6, 6.07) is 10.3. The Morgan fingerprint density at radius 3 is 2.29 bits per heavy atom. The normalized spacial score (nSPS) is 10.1. The van der Waals surface area contributed by atoms with Crippen LogP contribution in [0, 0.1) is 0 Å². The molecule has 0 saturated heterocycles. The van der Waals surface area contributed by atoms with Crippen molar-refractivity contribution in [3.63, 3.8) is 0 Å². The highest BCUT2D eigenvalue weighted by Gasteiger charge is 2.19. The van der Waals surface area contributed by atoms with E-state index in [0.29, 0.717) is 29.5 Å². The number of esters is 1. The zero-order valence-electron chi connectivity index (χ0n) is 15.9. The third kappa shape index (κ3) is 5.79. The van der Waals surface area contributed by atoms with Crippen molar-refractivity contribution in [1.82, 2.24) is 5.32 Å². The van der Waals surface area contributed by atoms with Crippen LogP contribution in [0.5, 0.6) is 17.2 Å². The highest BCUT2D eigenvalue weighted by molar-refractivity contribution is 6.30.